The molecule has 0 aliphatic heterocycles. The van der Waals surface area contributed by atoms with E-state index in [-0.39, 0.29) is 6.61 Å². The molecule has 0 radical (unpaired) electrons. The van der Waals surface area contributed by atoms with E-state index >= 15 is 0 Å². The fourth-order valence-electron chi connectivity index (χ4n) is 1.26. The van der Waals surface area contributed by atoms with E-state index in [1.54, 1.807) is 6.92 Å². The molecular formula is C12H15FN2O3. The van der Waals surface area contributed by atoms with Crippen LogP contribution in [-0.2, 0) is 9.53 Å². The maximum absolute atomic E-state index is 12.9. The van der Waals surface area contributed by atoms with Crippen LogP contribution in [0.3, 0.4) is 0 Å². The topological polar surface area (TPSA) is 67.4 Å². The molecule has 6 heteroatoms. The smallest absolute Gasteiger partial charge is 0.328 e. The summed E-state index contributed by atoms with van der Waals surface area (Å²) in [7, 11) is 0. The number of hydrogen-bond donors (Lipinski definition) is 2. The molecule has 0 aliphatic rings. The number of amides is 2. The first-order chi connectivity index (χ1) is 8.52. The van der Waals surface area contributed by atoms with Crippen molar-refractivity contribution in [3.05, 3.63) is 30.1 Å². The van der Waals surface area contributed by atoms with Gasteiger partial charge in [0.1, 0.15) is 11.9 Å². The highest BCUT2D eigenvalue weighted by Gasteiger charge is 2.16. The van der Waals surface area contributed by atoms with Crippen LogP contribution < -0.4 is 10.6 Å². The normalized spacial score (nSPS) is 11.5. The summed E-state index contributed by atoms with van der Waals surface area (Å²) < 4.78 is 17.6. The predicted molar refractivity (Wildman–Crippen MR) is 64.6 cm³/mol. The van der Waals surface area contributed by atoms with Crippen LogP contribution in [-0.4, -0.2) is 24.6 Å². The molecule has 1 aromatic rings. The molecule has 0 bridgehead atoms. The van der Waals surface area contributed by atoms with Crippen molar-refractivity contribution in [2.45, 2.75) is 19.9 Å². The first-order valence-corrected chi connectivity index (χ1v) is 5.52. The van der Waals surface area contributed by atoms with Crippen LogP contribution in [0.15, 0.2) is 24.3 Å². The monoisotopic (exact) mass is 254 g/mol. The number of rotatable bonds is 4. The van der Waals surface area contributed by atoms with E-state index in [0.717, 1.165) is 0 Å². The van der Waals surface area contributed by atoms with Gasteiger partial charge >= 0.3 is 12.0 Å². The predicted octanol–water partition coefficient (Wildman–Crippen LogP) is 1.90. The molecule has 0 fully saturated rings. The zero-order chi connectivity index (χ0) is 13.5. The van der Waals surface area contributed by atoms with E-state index in [1.165, 1.54) is 31.2 Å². The number of urea groups is 1. The second-order valence-corrected chi connectivity index (χ2v) is 3.58. The summed E-state index contributed by atoms with van der Waals surface area (Å²) in [6.07, 6.45) is 0. The molecule has 1 rings (SSSR count). The third-order valence-corrected chi connectivity index (χ3v) is 2.07. The summed E-state index contributed by atoms with van der Waals surface area (Å²) in [6, 6.07) is 4.09. The molecule has 18 heavy (non-hydrogen) atoms. The summed E-state index contributed by atoms with van der Waals surface area (Å²) >= 11 is 0. The Labute approximate surface area is 104 Å². The Kier molecular flexibility index (Phi) is 5.10. The average molecular weight is 254 g/mol. The lowest BCUT2D eigenvalue weighted by atomic mass is 10.3. The molecule has 2 N–H and O–H groups in total. The highest BCUT2D eigenvalue weighted by Crippen LogP contribution is 2.08. The van der Waals surface area contributed by atoms with E-state index in [1.807, 2.05) is 0 Å². The molecule has 0 aliphatic carbocycles. The summed E-state index contributed by atoms with van der Waals surface area (Å²) in [5.41, 5.74) is 0.309. The zero-order valence-corrected chi connectivity index (χ0v) is 10.2. The maximum Gasteiger partial charge on any atom is 0.328 e. The van der Waals surface area contributed by atoms with E-state index in [4.69, 9.17) is 4.74 Å². The molecule has 1 aromatic carbocycles. The lowest BCUT2D eigenvalue weighted by Crippen LogP contribution is -2.41. The second-order valence-electron chi connectivity index (χ2n) is 3.58. The van der Waals surface area contributed by atoms with Crippen LogP contribution >= 0.6 is 0 Å². The van der Waals surface area contributed by atoms with Crippen LogP contribution in [0, 0.1) is 5.82 Å². The quantitative estimate of drug-likeness (QED) is 0.806. The Morgan fingerprint density at radius 3 is 2.78 bits per heavy atom. The lowest BCUT2D eigenvalue weighted by Gasteiger charge is -2.13. The summed E-state index contributed by atoms with van der Waals surface area (Å²) in [5, 5.41) is 4.80. The van der Waals surface area contributed by atoms with Crippen molar-refractivity contribution >= 4 is 17.7 Å². The minimum atomic E-state index is -0.765. The number of esters is 1. The summed E-state index contributed by atoms with van der Waals surface area (Å²) in [5.74, 6) is -0.974. The first-order valence-electron chi connectivity index (χ1n) is 5.52. The van der Waals surface area contributed by atoms with Gasteiger partial charge in [-0.3, -0.25) is 0 Å². The molecule has 0 heterocycles. The van der Waals surface area contributed by atoms with Crippen molar-refractivity contribution in [3.8, 4) is 0 Å². The number of benzene rings is 1. The molecule has 0 spiro atoms. The van der Waals surface area contributed by atoms with Crippen LogP contribution in [0.2, 0.25) is 0 Å². The van der Waals surface area contributed by atoms with E-state index in [0.29, 0.717) is 5.69 Å². The first kappa shape index (κ1) is 14.0. The van der Waals surface area contributed by atoms with Crippen LogP contribution in [0.25, 0.3) is 0 Å². The Morgan fingerprint density at radius 2 is 2.17 bits per heavy atom. The van der Waals surface area contributed by atoms with Crippen molar-refractivity contribution in [2.75, 3.05) is 11.9 Å². The van der Waals surface area contributed by atoms with E-state index in [2.05, 4.69) is 10.6 Å². The molecule has 1 atom stereocenters. The summed E-state index contributed by atoms with van der Waals surface area (Å²) in [4.78, 5) is 22.8. The Bertz CT molecular complexity index is 437. The van der Waals surface area contributed by atoms with Gasteiger partial charge in [0.2, 0.25) is 0 Å². The van der Waals surface area contributed by atoms with Gasteiger partial charge in [-0.1, -0.05) is 6.07 Å². The minimum absolute atomic E-state index is 0.246. The van der Waals surface area contributed by atoms with Gasteiger partial charge in [0, 0.05) is 5.69 Å². The van der Waals surface area contributed by atoms with Gasteiger partial charge in [-0.15, -0.1) is 0 Å². The Balaban J connectivity index is 2.49. The highest BCUT2D eigenvalue weighted by atomic mass is 19.1. The van der Waals surface area contributed by atoms with Gasteiger partial charge in [0.05, 0.1) is 6.61 Å². The van der Waals surface area contributed by atoms with Crippen LogP contribution in [0.4, 0.5) is 14.9 Å². The number of carbonyl (C=O) groups is 2. The molecule has 5 nitrogen and oxygen atoms in total. The van der Waals surface area contributed by atoms with Crippen LogP contribution in [0.5, 0.6) is 0 Å². The van der Waals surface area contributed by atoms with Gasteiger partial charge in [0.25, 0.3) is 0 Å². The lowest BCUT2D eigenvalue weighted by molar-refractivity contribution is -0.144. The van der Waals surface area contributed by atoms with Crippen molar-refractivity contribution in [2.24, 2.45) is 0 Å². The third kappa shape index (κ3) is 4.40. The van der Waals surface area contributed by atoms with E-state index in [9.17, 15) is 14.0 Å². The molecule has 0 aromatic heterocycles. The Morgan fingerprint density at radius 1 is 1.44 bits per heavy atom. The number of halogens is 1. The zero-order valence-electron chi connectivity index (χ0n) is 10.2. The van der Waals surface area contributed by atoms with Crippen LogP contribution in [0.1, 0.15) is 13.8 Å². The largest absolute Gasteiger partial charge is 0.464 e. The molecule has 0 saturated heterocycles. The van der Waals surface area contributed by atoms with E-state index < -0.39 is 23.9 Å². The van der Waals surface area contributed by atoms with Gasteiger partial charge in [0.15, 0.2) is 0 Å². The number of anilines is 1. The molecular weight excluding hydrogens is 239 g/mol. The van der Waals surface area contributed by atoms with Crippen molar-refractivity contribution in [1.82, 2.24) is 5.32 Å². The fourth-order valence-corrected chi connectivity index (χ4v) is 1.26. The van der Waals surface area contributed by atoms with Crippen molar-refractivity contribution in [3.63, 3.8) is 0 Å². The molecule has 0 saturated carbocycles. The number of hydrogen-bond acceptors (Lipinski definition) is 3. The third-order valence-electron chi connectivity index (χ3n) is 2.07. The SMILES string of the molecule is CCOC(=O)C(C)NC(=O)Nc1cccc(F)c1. The number of ether oxygens (including phenoxy) is 1. The maximum atomic E-state index is 12.9. The average Bonchev–Trinajstić information content (AvgIpc) is 2.28. The highest BCUT2D eigenvalue weighted by molar-refractivity contribution is 5.92. The summed E-state index contributed by atoms with van der Waals surface area (Å²) in [6.45, 7) is 3.43. The standard InChI is InChI=1S/C12H15FN2O3/c1-3-18-11(16)8(2)14-12(17)15-10-6-4-5-9(13)7-10/h4-8H,3H2,1-2H3,(H2,14,15,17). The van der Waals surface area contributed by atoms with Gasteiger partial charge in [-0.25, -0.2) is 14.0 Å². The molecule has 2 amide bonds. The van der Waals surface area contributed by atoms with Crippen molar-refractivity contribution in [1.29, 1.82) is 0 Å². The van der Waals surface area contributed by atoms with Gasteiger partial charge in [-0.05, 0) is 32.0 Å². The number of carbonyl (C=O) groups excluding carboxylic acids is 2. The van der Waals surface area contributed by atoms with Gasteiger partial charge < -0.3 is 15.4 Å². The van der Waals surface area contributed by atoms with Gasteiger partial charge in [-0.2, -0.15) is 0 Å². The minimum Gasteiger partial charge on any atom is -0.464 e. The fraction of sp³-hybridized carbons (Fsp3) is 0.333. The second kappa shape index (κ2) is 6.58. The number of nitrogens with one attached hydrogen (secondary N) is 2. The van der Waals surface area contributed by atoms with Crippen molar-refractivity contribution < 1.29 is 18.7 Å². The molecule has 1 unspecified atom stereocenters. The Hall–Kier alpha value is -2.11. The molecule has 98 valence electrons.